The summed E-state index contributed by atoms with van der Waals surface area (Å²) in [5, 5.41) is 0. The molecule has 0 bridgehead atoms. The van der Waals surface area contributed by atoms with Crippen molar-refractivity contribution in [1.29, 1.82) is 0 Å². The van der Waals surface area contributed by atoms with Crippen molar-refractivity contribution in [3.05, 3.63) is 42.0 Å². The molecule has 0 heterocycles. The minimum Gasteiger partial charge on any atom is -0.462 e. The molecule has 5 nitrogen and oxygen atoms in total. The Morgan fingerprint density at radius 1 is 0.821 bits per heavy atom. The highest BCUT2D eigenvalue weighted by Gasteiger charge is 2.28. The maximum atomic E-state index is 12.8. The Hall–Kier alpha value is -2.14. The summed E-state index contributed by atoms with van der Waals surface area (Å²) in [6.07, 6.45) is 18.4. The molecule has 0 spiro atoms. The van der Waals surface area contributed by atoms with E-state index < -0.39 is 0 Å². The van der Waals surface area contributed by atoms with Crippen molar-refractivity contribution in [1.82, 2.24) is 0 Å². The molecule has 3 rings (SSSR count). The molecule has 2 aliphatic carbocycles. The zero-order valence-electron chi connectivity index (χ0n) is 24.6. The van der Waals surface area contributed by atoms with E-state index in [-0.39, 0.29) is 24.0 Å². The summed E-state index contributed by atoms with van der Waals surface area (Å²) in [5.74, 6) is 1.81. The quantitative estimate of drug-likeness (QED) is 0.0908. The van der Waals surface area contributed by atoms with Crippen LogP contribution in [0.1, 0.15) is 128 Å². The summed E-state index contributed by atoms with van der Waals surface area (Å²) in [4.78, 5) is 24.1. The number of carbonyl (C=O) groups is 2. The first-order valence-corrected chi connectivity index (χ1v) is 15.7. The molecule has 2 aliphatic rings. The minimum absolute atomic E-state index is 0.0329. The third-order valence-electron chi connectivity index (χ3n) is 8.61. The summed E-state index contributed by atoms with van der Waals surface area (Å²) in [6, 6.07) is 8.31. The number of ether oxygens (including phenoxy) is 3. The largest absolute Gasteiger partial charge is 0.462 e. The Labute approximate surface area is 237 Å². The van der Waals surface area contributed by atoms with Crippen LogP contribution in [0.4, 0.5) is 0 Å². The number of carbonyl (C=O) groups excluding carboxylic acids is 2. The predicted octanol–water partition coefficient (Wildman–Crippen LogP) is 8.70. The van der Waals surface area contributed by atoms with Gasteiger partial charge in [0.2, 0.25) is 0 Å². The topological polar surface area (TPSA) is 61.8 Å². The van der Waals surface area contributed by atoms with Crippen LogP contribution in [0, 0.1) is 11.8 Å². The number of hydrogen-bond donors (Lipinski definition) is 0. The van der Waals surface area contributed by atoms with Gasteiger partial charge in [0.15, 0.2) is 0 Å². The first-order valence-electron chi connectivity index (χ1n) is 15.7. The molecule has 218 valence electrons. The normalized spacial score (nSPS) is 23.2. The van der Waals surface area contributed by atoms with Gasteiger partial charge in [-0.05, 0) is 107 Å². The molecule has 0 amide bonds. The van der Waals surface area contributed by atoms with Gasteiger partial charge in [-0.3, -0.25) is 4.79 Å². The van der Waals surface area contributed by atoms with E-state index in [1.165, 1.54) is 56.9 Å². The van der Waals surface area contributed by atoms with Crippen molar-refractivity contribution >= 4 is 11.9 Å². The van der Waals surface area contributed by atoms with Crippen molar-refractivity contribution in [2.24, 2.45) is 11.8 Å². The summed E-state index contributed by atoms with van der Waals surface area (Å²) >= 11 is 0. The summed E-state index contributed by atoms with van der Waals surface area (Å²) in [6.45, 7) is 8.73. The molecule has 0 N–H and O–H groups in total. The SMILES string of the molecule is C=C(C)C(=O)OCCCCCCO[C@H]1CC[C@H](C(=O)Oc2ccc([C@H]3CC[C@H](CCCCC)CC3)cc2)CC1. The van der Waals surface area contributed by atoms with E-state index in [4.69, 9.17) is 14.2 Å². The average Bonchev–Trinajstić information content (AvgIpc) is 2.95. The fourth-order valence-corrected chi connectivity index (χ4v) is 6.04. The van der Waals surface area contributed by atoms with Crippen molar-refractivity contribution in [3.8, 4) is 5.75 Å². The zero-order chi connectivity index (χ0) is 27.9. The molecule has 0 aliphatic heterocycles. The molecule has 2 fully saturated rings. The molecule has 0 radical (unpaired) electrons. The molecule has 1 aromatic rings. The molecule has 39 heavy (non-hydrogen) atoms. The summed E-state index contributed by atoms with van der Waals surface area (Å²) in [5.41, 5.74) is 1.84. The molecule has 5 heteroatoms. The van der Waals surface area contributed by atoms with Gasteiger partial charge in [-0.2, -0.15) is 0 Å². The Morgan fingerprint density at radius 3 is 2.13 bits per heavy atom. The second kappa shape index (κ2) is 17.5. The maximum Gasteiger partial charge on any atom is 0.333 e. The number of rotatable bonds is 16. The maximum absolute atomic E-state index is 12.8. The van der Waals surface area contributed by atoms with Crippen LogP contribution in [0.25, 0.3) is 0 Å². The number of unbranched alkanes of at least 4 members (excludes halogenated alkanes) is 5. The van der Waals surface area contributed by atoms with Crippen molar-refractivity contribution < 1.29 is 23.8 Å². The Morgan fingerprint density at radius 2 is 1.49 bits per heavy atom. The first kappa shape index (κ1) is 31.4. The Balaban J connectivity index is 1.25. The van der Waals surface area contributed by atoms with E-state index in [0.29, 0.717) is 23.8 Å². The second-order valence-electron chi connectivity index (χ2n) is 11.9. The second-order valence-corrected chi connectivity index (χ2v) is 11.9. The highest BCUT2D eigenvalue weighted by molar-refractivity contribution is 5.86. The lowest BCUT2D eigenvalue weighted by atomic mass is 9.77. The van der Waals surface area contributed by atoms with E-state index in [1.54, 1.807) is 6.92 Å². The van der Waals surface area contributed by atoms with Gasteiger partial charge in [0.25, 0.3) is 0 Å². The summed E-state index contributed by atoms with van der Waals surface area (Å²) < 4.78 is 16.9. The number of benzene rings is 1. The van der Waals surface area contributed by atoms with Crippen LogP contribution in [0.3, 0.4) is 0 Å². The lowest BCUT2D eigenvalue weighted by molar-refractivity contribution is -0.141. The van der Waals surface area contributed by atoms with Crippen LogP contribution in [-0.4, -0.2) is 31.3 Å². The van der Waals surface area contributed by atoms with E-state index in [1.807, 2.05) is 12.1 Å². The molecule has 0 unspecified atom stereocenters. The Kier molecular flexibility index (Phi) is 14.1. The van der Waals surface area contributed by atoms with Crippen molar-refractivity contribution in [2.75, 3.05) is 13.2 Å². The van der Waals surface area contributed by atoms with Crippen LogP contribution in [0.15, 0.2) is 36.4 Å². The van der Waals surface area contributed by atoms with E-state index in [9.17, 15) is 9.59 Å². The van der Waals surface area contributed by atoms with Gasteiger partial charge in [-0.25, -0.2) is 4.79 Å². The minimum atomic E-state index is -0.309. The Bertz CT molecular complexity index is 860. The van der Waals surface area contributed by atoms with Gasteiger partial charge in [-0.1, -0.05) is 57.7 Å². The molecule has 0 saturated heterocycles. The van der Waals surface area contributed by atoms with Gasteiger partial charge in [-0.15, -0.1) is 0 Å². The predicted molar refractivity (Wildman–Crippen MR) is 157 cm³/mol. The van der Waals surface area contributed by atoms with Crippen LogP contribution in [0.5, 0.6) is 5.75 Å². The lowest BCUT2D eigenvalue weighted by Crippen LogP contribution is -2.29. The van der Waals surface area contributed by atoms with E-state index in [0.717, 1.165) is 63.9 Å². The third kappa shape index (κ3) is 11.5. The highest BCUT2D eigenvalue weighted by atomic mass is 16.5. The van der Waals surface area contributed by atoms with Gasteiger partial charge < -0.3 is 14.2 Å². The lowest BCUT2D eigenvalue weighted by Gasteiger charge is -2.29. The molecular weight excluding hydrogens is 488 g/mol. The molecule has 0 aromatic heterocycles. The summed E-state index contributed by atoms with van der Waals surface area (Å²) in [7, 11) is 0. The molecule has 0 atom stereocenters. The van der Waals surface area contributed by atoms with Crippen molar-refractivity contribution in [2.45, 2.75) is 129 Å². The van der Waals surface area contributed by atoms with E-state index in [2.05, 4.69) is 25.6 Å². The fourth-order valence-electron chi connectivity index (χ4n) is 6.04. The fraction of sp³-hybridized carbons (Fsp3) is 0.706. The highest BCUT2D eigenvalue weighted by Crippen LogP contribution is 2.38. The molecule has 1 aromatic carbocycles. The van der Waals surface area contributed by atoms with Gasteiger partial charge >= 0.3 is 11.9 Å². The van der Waals surface area contributed by atoms with E-state index >= 15 is 0 Å². The first-order chi connectivity index (χ1) is 19.0. The molecule has 2 saturated carbocycles. The van der Waals surface area contributed by atoms with Gasteiger partial charge in [0.1, 0.15) is 5.75 Å². The van der Waals surface area contributed by atoms with Crippen LogP contribution >= 0.6 is 0 Å². The average molecular weight is 541 g/mol. The van der Waals surface area contributed by atoms with Gasteiger partial charge in [0.05, 0.1) is 18.6 Å². The van der Waals surface area contributed by atoms with Crippen molar-refractivity contribution in [3.63, 3.8) is 0 Å². The van der Waals surface area contributed by atoms with Crippen LogP contribution in [-0.2, 0) is 19.1 Å². The standard InChI is InChI=1S/C34H52O5/c1-4-5-8-11-27-12-14-28(15-13-27)29-16-22-32(23-17-29)39-34(36)30-18-20-31(21-19-30)37-24-9-6-7-10-25-38-33(35)26(2)3/h16-17,22-23,27-28,30-31H,2,4-15,18-21,24-25H2,1,3H3/t27-,28-,30-,31-. The van der Waals surface area contributed by atoms with Crippen LogP contribution < -0.4 is 4.74 Å². The smallest absolute Gasteiger partial charge is 0.333 e. The van der Waals surface area contributed by atoms with Crippen LogP contribution in [0.2, 0.25) is 0 Å². The monoisotopic (exact) mass is 540 g/mol. The number of hydrogen-bond acceptors (Lipinski definition) is 5. The van der Waals surface area contributed by atoms with Gasteiger partial charge in [0, 0.05) is 12.2 Å². The molecular formula is C34H52O5. The third-order valence-corrected chi connectivity index (χ3v) is 8.61. The number of esters is 2. The zero-order valence-corrected chi connectivity index (χ0v) is 24.6.